The van der Waals surface area contributed by atoms with Crippen molar-refractivity contribution in [2.75, 3.05) is 21.3 Å². The van der Waals surface area contributed by atoms with Gasteiger partial charge in [-0.05, 0) is 74.1 Å². The molecule has 3 aromatic rings. The maximum atomic E-state index is 13.7. The Morgan fingerprint density at radius 1 is 1.04 bits per heavy atom. The number of aromatic nitrogens is 1. The maximum absolute atomic E-state index is 13.7. The van der Waals surface area contributed by atoms with Gasteiger partial charge in [0.2, 0.25) is 11.7 Å². The highest BCUT2D eigenvalue weighted by Gasteiger charge is 2.32. The summed E-state index contributed by atoms with van der Waals surface area (Å²) in [4.78, 5) is 43.5. The van der Waals surface area contributed by atoms with Crippen molar-refractivity contribution in [1.82, 2.24) is 10.3 Å². The zero-order valence-corrected chi connectivity index (χ0v) is 27.2. The van der Waals surface area contributed by atoms with Crippen LogP contribution in [0, 0.1) is 0 Å². The van der Waals surface area contributed by atoms with Crippen LogP contribution < -0.4 is 19.5 Å². The van der Waals surface area contributed by atoms with Crippen LogP contribution in [-0.2, 0) is 20.9 Å². The molecule has 0 spiro atoms. The third-order valence-corrected chi connectivity index (χ3v) is 8.07. The van der Waals surface area contributed by atoms with Gasteiger partial charge in [0.15, 0.2) is 11.5 Å². The fourth-order valence-corrected chi connectivity index (χ4v) is 5.66. The lowest BCUT2D eigenvalue weighted by atomic mass is 9.84. The highest BCUT2D eigenvalue weighted by molar-refractivity contribution is 5.98. The first kappa shape index (κ1) is 34.8. The Bertz CT molecular complexity index is 1580. The summed E-state index contributed by atoms with van der Waals surface area (Å²) in [6, 6.07) is 10.00. The fourth-order valence-electron chi connectivity index (χ4n) is 5.66. The van der Waals surface area contributed by atoms with E-state index in [2.05, 4.69) is 10.3 Å². The standard InChI is InChI=1S/C36H42N2O9/c1-22-11-10-15-26(39)14-7-5-6-12-23-17-28(40)33(34(42)32(23)36(43)47-22)27(20-31(41)38-21-25-13-8-9-16-37-25)24-18-29(44-2)35(46-4)30(19-24)45-3/h6,8-9,12-13,16-19,22,27,40,42H,5,7,10-11,14-15,20-21H2,1-4H3,(H,38,41)/b12-6+/t22-,27?/m0/s1. The second-order valence-corrected chi connectivity index (χ2v) is 11.4. The third-order valence-electron chi connectivity index (χ3n) is 8.07. The molecule has 0 saturated heterocycles. The first-order chi connectivity index (χ1) is 22.7. The number of phenols is 2. The molecular formula is C36H42N2O9. The van der Waals surface area contributed by atoms with E-state index < -0.39 is 29.6 Å². The summed E-state index contributed by atoms with van der Waals surface area (Å²) in [5.74, 6) is -1.94. The van der Waals surface area contributed by atoms with Gasteiger partial charge in [0.05, 0.1) is 39.7 Å². The molecule has 11 nitrogen and oxygen atoms in total. The molecule has 1 aromatic heterocycles. The van der Waals surface area contributed by atoms with Crippen molar-refractivity contribution in [1.29, 1.82) is 0 Å². The number of rotatable bonds is 9. The van der Waals surface area contributed by atoms with Crippen molar-refractivity contribution in [2.24, 2.45) is 0 Å². The van der Waals surface area contributed by atoms with Gasteiger partial charge in [-0.1, -0.05) is 18.2 Å². The Morgan fingerprint density at radius 3 is 2.43 bits per heavy atom. The van der Waals surface area contributed by atoms with Crippen LogP contribution in [0.5, 0.6) is 28.7 Å². The number of methoxy groups -OCH3 is 3. The van der Waals surface area contributed by atoms with Gasteiger partial charge < -0.3 is 34.5 Å². The first-order valence-electron chi connectivity index (χ1n) is 15.6. The molecule has 0 bridgehead atoms. The number of esters is 1. The maximum Gasteiger partial charge on any atom is 0.342 e. The van der Waals surface area contributed by atoms with Crippen LogP contribution in [0.2, 0.25) is 0 Å². The SMILES string of the molecule is COc1cc(C(CC(=O)NCc2ccccn2)c2c(O)cc3c(c2O)C(=O)O[C@@H](C)CCCC(=O)CCC/C=C/3)cc(OC)c1OC. The van der Waals surface area contributed by atoms with E-state index in [1.165, 1.54) is 27.4 Å². The minimum absolute atomic E-state index is 0.0456. The topological polar surface area (TPSA) is 154 Å². The van der Waals surface area contributed by atoms with E-state index in [1.54, 1.807) is 49.5 Å². The van der Waals surface area contributed by atoms with Crippen LogP contribution in [0.3, 0.4) is 0 Å². The number of phenolic OH excluding ortho intramolecular Hbond substituents is 2. The molecule has 2 heterocycles. The summed E-state index contributed by atoms with van der Waals surface area (Å²) < 4.78 is 22.3. The number of hydrogen-bond acceptors (Lipinski definition) is 10. The van der Waals surface area contributed by atoms with Gasteiger partial charge in [0.1, 0.15) is 22.8 Å². The summed E-state index contributed by atoms with van der Waals surface area (Å²) in [5, 5.41) is 26.2. The number of carbonyl (C=O) groups is 3. The predicted molar refractivity (Wildman–Crippen MR) is 175 cm³/mol. The predicted octanol–water partition coefficient (Wildman–Crippen LogP) is 5.84. The molecule has 0 aliphatic carbocycles. The molecular weight excluding hydrogens is 604 g/mol. The van der Waals surface area contributed by atoms with E-state index in [-0.39, 0.29) is 41.2 Å². The number of pyridine rings is 1. The Labute approximate surface area is 274 Å². The molecule has 1 aliphatic heterocycles. The molecule has 2 aromatic carbocycles. The van der Waals surface area contributed by atoms with E-state index >= 15 is 0 Å². The number of aromatic hydroxyl groups is 2. The van der Waals surface area contributed by atoms with Gasteiger partial charge >= 0.3 is 5.97 Å². The lowest BCUT2D eigenvalue weighted by Crippen LogP contribution is -2.25. The number of Topliss-reactive ketones (excluding diaryl/α,β-unsaturated/α-hetero) is 1. The number of nitrogens with zero attached hydrogens (tertiary/aromatic N) is 1. The van der Waals surface area contributed by atoms with Crippen molar-refractivity contribution < 1.29 is 43.5 Å². The van der Waals surface area contributed by atoms with E-state index in [0.29, 0.717) is 67.0 Å². The first-order valence-corrected chi connectivity index (χ1v) is 15.6. The monoisotopic (exact) mass is 646 g/mol. The average Bonchev–Trinajstić information content (AvgIpc) is 3.05. The Hall–Kier alpha value is -5.06. The molecule has 1 amide bonds. The van der Waals surface area contributed by atoms with Crippen molar-refractivity contribution >= 4 is 23.7 Å². The summed E-state index contributed by atoms with van der Waals surface area (Å²) in [6.07, 6.45) is 7.35. The number of ketones is 1. The van der Waals surface area contributed by atoms with Gasteiger partial charge in [-0.25, -0.2) is 4.79 Å². The number of nitrogens with one attached hydrogen (secondary N) is 1. The number of allylic oxidation sites excluding steroid dienone is 1. The quantitative estimate of drug-likeness (QED) is 0.242. The fraction of sp³-hybridized carbons (Fsp3) is 0.389. The van der Waals surface area contributed by atoms with E-state index in [9.17, 15) is 24.6 Å². The molecule has 4 rings (SSSR count). The van der Waals surface area contributed by atoms with Crippen LogP contribution in [0.1, 0.15) is 90.5 Å². The Kier molecular flexibility index (Phi) is 12.2. The molecule has 11 heteroatoms. The largest absolute Gasteiger partial charge is 0.507 e. The van der Waals surface area contributed by atoms with E-state index in [4.69, 9.17) is 18.9 Å². The van der Waals surface area contributed by atoms with Crippen molar-refractivity contribution in [3.05, 3.63) is 76.6 Å². The number of cyclic esters (lactones) is 1. The lowest BCUT2D eigenvalue weighted by Gasteiger charge is -2.24. The smallest absolute Gasteiger partial charge is 0.342 e. The Morgan fingerprint density at radius 2 is 1.77 bits per heavy atom. The van der Waals surface area contributed by atoms with Crippen molar-refractivity contribution in [3.8, 4) is 28.7 Å². The van der Waals surface area contributed by atoms with Gasteiger partial charge in [-0.2, -0.15) is 0 Å². The highest BCUT2D eigenvalue weighted by Crippen LogP contribution is 2.47. The van der Waals surface area contributed by atoms with Gasteiger partial charge in [0, 0.05) is 36.9 Å². The van der Waals surface area contributed by atoms with Gasteiger partial charge in [0.25, 0.3) is 0 Å². The number of fused-ring (bicyclic) bond motifs is 1. The molecule has 1 aliphatic rings. The Balaban J connectivity index is 1.84. The number of ether oxygens (including phenoxy) is 4. The highest BCUT2D eigenvalue weighted by atomic mass is 16.5. The number of carbonyl (C=O) groups excluding carboxylic acids is 3. The van der Waals surface area contributed by atoms with Crippen LogP contribution in [-0.4, -0.2) is 60.3 Å². The molecule has 1 unspecified atom stereocenters. The zero-order chi connectivity index (χ0) is 33.9. The molecule has 47 heavy (non-hydrogen) atoms. The minimum atomic E-state index is -0.981. The van der Waals surface area contributed by atoms with Crippen molar-refractivity contribution in [2.45, 2.75) is 70.4 Å². The van der Waals surface area contributed by atoms with Crippen LogP contribution in [0.15, 0.2) is 48.7 Å². The summed E-state index contributed by atoms with van der Waals surface area (Å²) in [6.45, 7) is 1.89. The molecule has 0 radical (unpaired) electrons. The third kappa shape index (κ3) is 8.81. The molecule has 250 valence electrons. The number of hydrogen-bond donors (Lipinski definition) is 3. The van der Waals surface area contributed by atoms with E-state index in [1.807, 2.05) is 6.07 Å². The normalized spacial score (nSPS) is 17.0. The number of benzene rings is 2. The second-order valence-electron chi connectivity index (χ2n) is 11.4. The summed E-state index contributed by atoms with van der Waals surface area (Å²) in [7, 11) is 4.37. The summed E-state index contributed by atoms with van der Waals surface area (Å²) >= 11 is 0. The lowest BCUT2D eigenvalue weighted by molar-refractivity contribution is -0.121. The van der Waals surface area contributed by atoms with Crippen molar-refractivity contribution in [3.63, 3.8) is 0 Å². The minimum Gasteiger partial charge on any atom is -0.507 e. The van der Waals surface area contributed by atoms with Crippen LogP contribution in [0.4, 0.5) is 0 Å². The van der Waals surface area contributed by atoms with E-state index in [0.717, 1.165) is 0 Å². The molecule has 0 fully saturated rings. The average molecular weight is 647 g/mol. The van der Waals surface area contributed by atoms with Gasteiger partial charge in [-0.3, -0.25) is 14.6 Å². The van der Waals surface area contributed by atoms with Gasteiger partial charge in [-0.15, -0.1) is 0 Å². The molecule has 3 N–H and O–H groups in total. The number of amides is 1. The zero-order valence-electron chi connectivity index (χ0n) is 27.2. The molecule has 0 saturated carbocycles. The van der Waals surface area contributed by atoms with Crippen LogP contribution in [0.25, 0.3) is 6.08 Å². The molecule has 2 atom stereocenters. The summed E-state index contributed by atoms with van der Waals surface area (Å²) in [5.41, 5.74) is 1.15. The van der Waals surface area contributed by atoms with Crippen LogP contribution >= 0.6 is 0 Å². The second kappa shape index (κ2) is 16.5.